The van der Waals surface area contributed by atoms with Gasteiger partial charge in [-0.1, -0.05) is 6.07 Å². The average Bonchev–Trinajstić information content (AvgIpc) is 3.14. The summed E-state index contributed by atoms with van der Waals surface area (Å²) in [6, 6.07) is 8.26. The van der Waals surface area contributed by atoms with Gasteiger partial charge < -0.3 is 14.5 Å². The van der Waals surface area contributed by atoms with Crippen molar-refractivity contribution in [2.45, 2.75) is 0 Å². The number of aromatic nitrogens is 2. The normalized spacial score (nSPS) is 10.6. The minimum Gasteiger partial charge on any atom is -0.450 e. The molecular weight excluding hydrogens is 374 g/mol. The van der Waals surface area contributed by atoms with Gasteiger partial charge >= 0.3 is 5.97 Å². The van der Waals surface area contributed by atoms with Crippen LogP contribution in [0, 0.1) is 0 Å². The van der Waals surface area contributed by atoms with E-state index in [1.807, 2.05) is 0 Å². The summed E-state index contributed by atoms with van der Waals surface area (Å²) < 4.78 is 18.5. The molecule has 0 radical (unpaired) electrons. The predicted molar refractivity (Wildman–Crippen MR) is 82.7 cm³/mol. The number of benzene rings is 1. The first kappa shape index (κ1) is 14.7. The quantitative estimate of drug-likeness (QED) is 0.698. The second-order valence-electron chi connectivity index (χ2n) is 4.17. The molecule has 0 saturated carbocycles. The molecule has 112 valence electrons. The van der Waals surface area contributed by atoms with Crippen molar-refractivity contribution in [2.24, 2.45) is 0 Å². The molecule has 3 rings (SSSR count). The Balaban J connectivity index is 1.61. The van der Waals surface area contributed by atoms with E-state index in [2.05, 4.69) is 30.0 Å². The van der Waals surface area contributed by atoms with Gasteiger partial charge in [0.15, 0.2) is 11.3 Å². The molecule has 0 spiro atoms. The van der Waals surface area contributed by atoms with Crippen molar-refractivity contribution in [2.75, 3.05) is 11.9 Å². The van der Waals surface area contributed by atoms with Crippen LogP contribution in [0.3, 0.4) is 0 Å². The molecule has 3 aromatic rings. The number of ether oxygens (including phenoxy) is 1. The van der Waals surface area contributed by atoms with E-state index in [0.717, 1.165) is 11.7 Å². The monoisotopic (exact) mass is 381 g/mol. The number of carbonyl (C=O) groups excluding carboxylic acids is 2. The molecule has 1 N–H and O–H groups in total. The molecule has 22 heavy (non-hydrogen) atoms. The lowest BCUT2D eigenvalue weighted by atomic mass is 10.2. The molecule has 0 fully saturated rings. The summed E-state index contributed by atoms with van der Waals surface area (Å²) >= 11 is 4.14. The number of fused-ring (bicyclic) bond motifs is 1. The van der Waals surface area contributed by atoms with Crippen LogP contribution in [-0.2, 0) is 9.53 Å². The van der Waals surface area contributed by atoms with Crippen molar-refractivity contribution in [3.63, 3.8) is 0 Å². The van der Waals surface area contributed by atoms with Crippen LogP contribution >= 0.6 is 27.7 Å². The second-order valence-corrected chi connectivity index (χ2v) is 5.48. The number of halogens is 1. The van der Waals surface area contributed by atoms with Crippen molar-refractivity contribution in [1.29, 1.82) is 0 Å². The van der Waals surface area contributed by atoms with Crippen molar-refractivity contribution < 1.29 is 18.7 Å². The van der Waals surface area contributed by atoms with Gasteiger partial charge in [-0.15, -0.1) is 0 Å². The Bertz CT molecular complexity index is 845. The van der Waals surface area contributed by atoms with Gasteiger partial charge in [-0.3, -0.25) is 4.79 Å². The van der Waals surface area contributed by atoms with E-state index in [4.69, 9.17) is 9.15 Å². The Hall–Kier alpha value is -2.26. The molecular formula is C13H8BrN3O4S. The van der Waals surface area contributed by atoms with Gasteiger partial charge in [0.05, 0.1) is 17.4 Å². The topological polar surface area (TPSA) is 94.3 Å². The van der Waals surface area contributed by atoms with Crippen LogP contribution in [-0.4, -0.2) is 27.2 Å². The summed E-state index contributed by atoms with van der Waals surface area (Å²) in [6.45, 7) is -0.425. The van der Waals surface area contributed by atoms with Gasteiger partial charge in [-0.25, -0.2) is 4.79 Å². The summed E-state index contributed by atoms with van der Waals surface area (Å²) in [5.74, 6) is -1.17. The fraction of sp³-hybridized carbons (Fsp3) is 0.0769. The number of nitrogens with one attached hydrogen (secondary N) is 1. The number of amides is 1. The summed E-state index contributed by atoms with van der Waals surface area (Å²) in [4.78, 5) is 23.5. The van der Waals surface area contributed by atoms with Crippen LogP contribution in [0.1, 0.15) is 10.6 Å². The summed E-state index contributed by atoms with van der Waals surface area (Å²) in [5, 5.41) is 2.63. The Labute approximate surface area is 136 Å². The lowest BCUT2D eigenvalue weighted by Gasteiger charge is -2.05. The highest BCUT2D eigenvalue weighted by atomic mass is 79.9. The molecule has 0 unspecified atom stereocenters. The lowest BCUT2D eigenvalue weighted by Crippen LogP contribution is -2.20. The third kappa shape index (κ3) is 3.15. The highest BCUT2D eigenvalue weighted by Gasteiger charge is 2.15. The number of carbonyl (C=O) groups is 2. The highest BCUT2D eigenvalue weighted by molar-refractivity contribution is 9.10. The van der Waals surface area contributed by atoms with Crippen LogP contribution in [0.15, 0.2) is 39.4 Å². The molecule has 9 heteroatoms. The minimum absolute atomic E-state index is 0.0190. The van der Waals surface area contributed by atoms with Crippen LogP contribution in [0.4, 0.5) is 5.69 Å². The van der Waals surface area contributed by atoms with Crippen LogP contribution in [0.2, 0.25) is 0 Å². The summed E-state index contributed by atoms with van der Waals surface area (Å²) in [6.07, 6.45) is 0. The number of anilines is 1. The smallest absolute Gasteiger partial charge is 0.374 e. The van der Waals surface area contributed by atoms with Gasteiger partial charge in [-0.05, 0) is 40.2 Å². The van der Waals surface area contributed by atoms with E-state index in [-0.39, 0.29) is 5.76 Å². The summed E-state index contributed by atoms with van der Waals surface area (Å²) in [7, 11) is 0. The molecule has 1 aromatic carbocycles. The van der Waals surface area contributed by atoms with E-state index in [1.165, 1.54) is 6.07 Å². The molecule has 7 nitrogen and oxygen atoms in total. The van der Waals surface area contributed by atoms with Crippen molar-refractivity contribution in [3.05, 3.63) is 40.8 Å². The standard InChI is InChI=1S/C13H8BrN3O4S/c14-10-5-4-9(21-10)13(19)20-6-11(18)15-7-2-1-3-8-12(7)17-22-16-8/h1-5H,6H2,(H,15,18). The van der Waals surface area contributed by atoms with Crippen LogP contribution in [0.25, 0.3) is 11.0 Å². The zero-order valence-corrected chi connectivity index (χ0v) is 13.3. The Kier molecular flexibility index (Phi) is 4.16. The first-order chi connectivity index (χ1) is 10.6. The Morgan fingerprint density at radius 2 is 2.14 bits per heavy atom. The lowest BCUT2D eigenvalue weighted by molar-refractivity contribution is -0.119. The van der Waals surface area contributed by atoms with E-state index < -0.39 is 18.5 Å². The van der Waals surface area contributed by atoms with E-state index in [1.54, 1.807) is 24.3 Å². The van der Waals surface area contributed by atoms with Gasteiger partial charge in [0, 0.05) is 0 Å². The molecule has 0 bridgehead atoms. The molecule has 0 aliphatic rings. The van der Waals surface area contributed by atoms with E-state index in [0.29, 0.717) is 21.4 Å². The fourth-order valence-corrected chi connectivity index (χ4v) is 2.58. The van der Waals surface area contributed by atoms with Crippen LogP contribution in [0.5, 0.6) is 0 Å². The van der Waals surface area contributed by atoms with Crippen molar-refractivity contribution >= 4 is 56.3 Å². The summed E-state index contributed by atoms with van der Waals surface area (Å²) in [5.41, 5.74) is 1.82. The third-order valence-corrected chi connectivity index (χ3v) is 3.64. The minimum atomic E-state index is -0.714. The highest BCUT2D eigenvalue weighted by Crippen LogP contribution is 2.21. The van der Waals surface area contributed by atoms with Gasteiger partial charge in [0.2, 0.25) is 5.76 Å². The number of esters is 1. The zero-order valence-electron chi connectivity index (χ0n) is 10.9. The maximum atomic E-state index is 11.8. The average molecular weight is 382 g/mol. The zero-order chi connectivity index (χ0) is 15.5. The Morgan fingerprint density at radius 3 is 2.91 bits per heavy atom. The molecule has 0 atom stereocenters. The maximum Gasteiger partial charge on any atom is 0.374 e. The maximum absolute atomic E-state index is 11.8. The number of rotatable bonds is 4. The number of furan rings is 1. The van der Waals surface area contributed by atoms with Gasteiger partial charge in [0.1, 0.15) is 11.0 Å². The molecule has 0 saturated heterocycles. The van der Waals surface area contributed by atoms with Crippen LogP contribution < -0.4 is 5.32 Å². The molecule has 2 heterocycles. The first-order valence-corrected chi connectivity index (χ1v) is 7.59. The number of nitrogens with zero attached hydrogens (tertiary/aromatic N) is 2. The van der Waals surface area contributed by atoms with Gasteiger partial charge in [0.25, 0.3) is 5.91 Å². The number of hydrogen-bond donors (Lipinski definition) is 1. The van der Waals surface area contributed by atoms with E-state index >= 15 is 0 Å². The van der Waals surface area contributed by atoms with Crippen molar-refractivity contribution in [1.82, 2.24) is 8.75 Å². The first-order valence-electron chi connectivity index (χ1n) is 6.07. The SMILES string of the molecule is O=C(COC(=O)c1ccc(Br)o1)Nc1cccc2nsnc12. The molecule has 0 aliphatic heterocycles. The van der Waals surface area contributed by atoms with E-state index in [9.17, 15) is 9.59 Å². The number of hydrogen-bond acceptors (Lipinski definition) is 7. The largest absolute Gasteiger partial charge is 0.450 e. The second kappa shape index (κ2) is 6.24. The molecule has 1 amide bonds. The molecule has 0 aliphatic carbocycles. The fourth-order valence-electron chi connectivity index (χ4n) is 1.72. The van der Waals surface area contributed by atoms with Crippen molar-refractivity contribution in [3.8, 4) is 0 Å². The predicted octanol–water partition coefficient (Wildman–Crippen LogP) is 2.84. The Morgan fingerprint density at radius 1 is 1.27 bits per heavy atom. The van der Waals surface area contributed by atoms with Gasteiger partial charge in [-0.2, -0.15) is 8.75 Å². The molecule has 2 aromatic heterocycles. The third-order valence-electron chi connectivity index (χ3n) is 2.67.